The van der Waals surface area contributed by atoms with Gasteiger partial charge in [-0.05, 0) is 40.2 Å². The minimum atomic E-state index is -0.430. The van der Waals surface area contributed by atoms with Crippen molar-refractivity contribution in [3.63, 3.8) is 0 Å². The summed E-state index contributed by atoms with van der Waals surface area (Å²) in [5.74, 6) is 0.748. The van der Waals surface area contributed by atoms with E-state index in [0.717, 1.165) is 21.5 Å². The smallest absolute Gasteiger partial charge is 0.407 e. The minimum absolute atomic E-state index is 0.280. The molecule has 3 aromatic rings. The monoisotopic (exact) mass is 400 g/mol. The van der Waals surface area contributed by atoms with Crippen molar-refractivity contribution in [2.45, 2.75) is 52.8 Å². The lowest BCUT2D eigenvalue weighted by Gasteiger charge is -2.20. The van der Waals surface area contributed by atoms with Crippen LogP contribution in [0.25, 0.3) is 21.9 Å². The Labute approximate surface area is 170 Å². The Balaban J connectivity index is 1.85. The Bertz CT molecular complexity index is 1010. The molecule has 0 fully saturated rings. The molecule has 0 bridgehead atoms. The van der Waals surface area contributed by atoms with E-state index in [1.54, 1.807) is 6.07 Å². The van der Waals surface area contributed by atoms with E-state index in [1.165, 1.54) is 6.20 Å². The van der Waals surface area contributed by atoms with Crippen LogP contribution in [0.5, 0.6) is 0 Å². The molecular formula is C21H28N4O4. The predicted molar refractivity (Wildman–Crippen MR) is 110 cm³/mol. The predicted octanol–water partition coefficient (Wildman–Crippen LogP) is 3.27. The van der Waals surface area contributed by atoms with E-state index in [-0.39, 0.29) is 12.1 Å². The molecule has 0 aliphatic rings. The topological polar surface area (TPSA) is 92.3 Å². The highest BCUT2D eigenvalue weighted by Gasteiger charge is 2.19. The number of aryl methyl sites for hydroxylation is 1. The van der Waals surface area contributed by atoms with E-state index < -0.39 is 6.09 Å². The Hall–Kier alpha value is -2.87. The van der Waals surface area contributed by atoms with Gasteiger partial charge in [-0.3, -0.25) is 0 Å². The number of alkyl carbamates (subject to hydrolysis) is 1. The molecule has 1 N–H and O–H groups in total. The van der Waals surface area contributed by atoms with E-state index >= 15 is 0 Å². The van der Waals surface area contributed by atoms with Gasteiger partial charge in [-0.1, -0.05) is 12.1 Å². The summed E-state index contributed by atoms with van der Waals surface area (Å²) in [5, 5.41) is 16.0. The number of para-hydroxylation sites is 1. The van der Waals surface area contributed by atoms with Crippen molar-refractivity contribution >= 4 is 28.0 Å². The highest BCUT2D eigenvalue weighted by atomic mass is 16.5. The Morgan fingerprint density at radius 3 is 2.79 bits per heavy atom. The highest BCUT2D eigenvalue weighted by molar-refractivity contribution is 6.00. The average Bonchev–Trinajstić information content (AvgIpc) is 2.99. The number of carbonyl (C=O) groups is 1. The van der Waals surface area contributed by atoms with Crippen LogP contribution < -0.4 is 10.0 Å². The lowest BCUT2D eigenvalue weighted by atomic mass is 10.1. The number of benzene rings is 1. The number of amides is 1. The zero-order valence-electron chi connectivity index (χ0n) is 17.4. The van der Waals surface area contributed by atoms with E-state index in [9.17, 15) is 10.0 Å². The standard InChI is InChI=1S/C21H28N4O4/c1-5-28-14-18-22-16-13-25(27)17-10-7-6-9-15(17)19(16)24(18)11-8-12-29-20(26)23-21(2,3)4/h6-7,9-10,13H,5,8,11-12,14H2,1-4H3,(H,23,26). The minimum Gasteiger partial charge on any atom is -0.618 e. The van der Waals surface area contributed by atoms with Crippen LogP contribution in [0, 0.1) is 5.21 Å². The van der Waals surface area contributed by atoms with Gasteiger partial charge in [0.15, 0.2) is 5.52 Å². The molecule has 3 rings (SSSR count). The van der Waals surface area contributed by atoms with Crippen LogP contribution >= 0.6 is 0 Å². The van der Waals surface area contributed by atoms with Gasteiger partial charge in [0.05, 0.1) is 17.5 Å². The molecule has 8 nitrogen and oxygen atoms in total. The molecule has 0 spiro atoms. The molecule has 0 aliphatic heterocycles. The van der Waals surface area contributed by atoms with Gasteiger partial charge in [-0.2, -0.15) is 4.73 Å². The second-order valence-corrected chi connectivity index (χ2v) is 7.89. The molecule has 2 heterocycles. The Morgan fingerprint density at radius 1 is 1.31 bits per heavy atom. The third kappa shape index (κ3) is 4.95. The fourth-order valence-corrected chi connectivity index (χ4v) is 3.21. The summed E-state index contributed by atoms with van der Waals surface area (Å²) in [6.45, 7) is 9.43. The number of fused-ring (bicyclic) bond motifs is 3. The maximum absolute atomic E-state index is 12.3. The first kappa shape index (κ1) is 20.9. The zero-order valence-corrected chi connectivity index (χ0v) is 17.4. The van der Waals surface area contributed by atoms with Crippen molar-refractivity contribution in [1.29, 1.82) is 0 Å². The fourth-order valence-electron chi connectivity index (χ4n) is 3.21. The van der Waals surface area contributed by atoms with Gasteiger partial charge in [0.2, 0.25) is 11.7 Å². The first-order valence-electron chi connectivity index (χ1n) is 9.83. The maximum Gasteiger partial charge on any atom is 0.407 e. The molecule has 0 atom stereocenters. The summed E-state index contributed by atoms with van der Waals surface area (Å²) >= 11 is 0. The molecule has 1 aromatic carbocycles. The van der Waals surface area contributed by atoms with Crippen molar-refractivity contribution in [1.82, 2.24) is 14.9 Å². The summed E-state index contributed by atoms with van der Waals surface area (Å²) in [4.78, 5) is 16.5. The van der Waals surface area contributed by atoms with Crippen LogP contribution in [0.1, 0.15) is 39.9 Å². The van der Waals surface area contributed by atoms with Gasteiger partial charge >= 0.3 is 6.09 Å². The SMILES string of the molecule is CCOCc1nc2c[n+]([O-])c3ccccc3c2n1CCCOC(=O)NC(C)(C)C. The number of pyridine rings is 1. The van der Waals surface area contributed by atoms with Crippen molar-refractivity contribution in [2.24, 2.45) is 0 Å². The van der Waals surface area contributed by atoms with Gasteiger partial charge < -0.3 is 24.6 Å². The molecule has 1 amide bonds. The van der Waals surface area contributed by atoms with Crippen LogP contribution in [-0.4, -0.2) is 34.4 Å². The molecule has 0 saturated heterocycles. The first-order valence-corrected chi connectivity index (χ1v) is 9.83. The summed E-state index contributed by atoms with van der Waals surface area (Å²) < 4.78 is 13.8. The largest absolute Gasteiger partial charge is 0.618 e. The summed E-state index contributed by atoms with van der Waals surface area (Å²) in [7, 11) is 0. The number of hydrogen-bond acceptors (Lipinski definition) is 5. The van der Waals surface area contributed by atoms with E-state index in [1.807, 2.05) is 45.9 Å². The molecule has 29 heavy (non-hydrogen) atoms. The molecule has 0 unspecified atom stereocenters. The lowest BCUT2D eigenvalue weighted by Crippen LogP contribution is -2.41. The highest BCUT2D eigenvalue weighted by Crippen LogP contribution is 2.24. The Morgan fingerprint density at radius 2 is 2.07 bits per heavy atom. The number of rotatable bonds is 7. The molecule has 0 aliphatic carbocycles. The average molecular weight is 400 g/mol. The second-order valence-electron chi connectivity index (χ2n) is 7.89. The van der Waals surface area contributed by atoms with Crippen LogP contribution in [0.2, 0.25) is 0 Å². The van der Waals surface area contributed by atoms with Crippen molar-refractivity contribution in [3.8, 4) is 0 Å². The van der Waals surface area contributed by atoms with Crippen LogP contribution in [0.3, 0.4) is 0 Å². The molecular weight excluding hydrogens is 372 g/mol. The number of ether oxygens (including phenoxy) is 2. The second kappa shape index (κ2) is 8.65. The number of nitrogens with zero attached hydrogens (tertiary/aromatic N) is 3. The van der Waals surface area contributed by atoms with Gasteiger partial charge in [0, 0.05) is 24.8 Å². The van der Waals surface area contributed by atoms with E-state index in [0.29, 0.717) is 37.2 Å². The quantitative estimate of drug-likeness (QED) is 0.373. The number of hydrogen-bond donors (Lipinski definition) is 1. The molecule has 0 radical (unpaired) electrons. The Kier molecular flexibility index (Phi) is 6.22. The molecule has 0 saturated carbocycles. The fraction of sp³-hybridized carbons (Fsp3) is 0.476. The summed E-state index contributed by atoms with van der Waals surface area (Å²) in [6, 6.07) is 7.45. The number of carbonyl (C=O) groups excluding carboxylic acids is 1. The van der Waals surface area contributed by atoms with Crippen LogP contribution in [0.15, 0.2) is 30.5 Å². The molecule has 156 valence electrons. The van der Waals surface area contributed by atoms with E-state index in [4.69, 9.17) is 9.47 Å². The van der Waals surface area contributed by atoms with Crippen LogP contribution in [0.4, 0.5) is 4.79 Å². The van der Waals surface area contributed by atoms with Gasteiger partial charge in [0.1, 0.15) is 12.4 Å². The zero-order chi connectivity index (χ0) is 21.0. The molecule has 2 aromatic heterocycles. The normalized spacial score (nSPS) is 11.9. The number of nitrogens with one attached hydrogen (secondary N) is 1. The van der Waals surface area contributed by atoms with Gasteiger partial charge in [-0.25, -0.2) is 9.78 Å². The summed E-state index contributed by atoms with van der Waals surface area (Å²) in [5.41, 5.74) is 1.76. The lowest BCUT2D eigenvalue weighted by molar-refractivity contribution is -0.575. The first-order chi connectivity index (χ1) is 13.8. The van der Waals surface area contributed by atoms with Crippen molar-refractivity contribution < 1.29 is 19.0 Å². The van der Waals surface area contributed by atoms with E-state index in [2.05, 4.69) is 14.9 Å². The third-order valence-corrected chi connectivity index (χ3v) is 4.38. The number of aromatic nitrogens is 3. The number of imidazole rings is 1. The third-order valence-electron chi connectivity index (χ3n) is 4.38. The van der Waals surface area contributed by atoms with Crippen molar-refractivity contribution in [3.05, 3.63) is 41.5 Å². The van der Waals surface area contributed by atoms with Gasteiger partial charge in [-0.15, -0.1) is 0 Å². The van der Waals surface area contributed by atoms with Crippen molar-refractivity contribution in [2.75, 3.05) is 13.2 Å². The molecule has 8 heteroatoms. The summed E-state index contributed by atoms with van der Waals surface area (Å²) in [6.07, 6.45) is 1.68. The van der Waals surface area contributed by atoms with Crippen LogP contribution in [-0.2, 0) is 22.6 Å². The van der Waals surface area contributed by atoms with Gasteiger partial charge in [0.25, 0.3) is 0 Å². The maximum atomic E-state index is 12.3.